The van der Waals surface area contributed by atoms with Gasteiger partial charge in [-0.05, 0) is 36.8 Å². The normalized spacial score (nSPS) is 10.8. The summed E-state index contributed by atoms with van der Waals surface area (Å²) in [4.78, 5) is 4.62. The molecule has 1 aromatic heterocycles. The first-order valence-electron chi connectivity index (χ1n) is 6.68. The van der Waals surface area contributed by atoms with E-state index in [1.165, 1.54) is 0 Å². The van der Waals surface area contributed by atoms with Crippen molar-refractivity contribution in [3.05, 3.63) is 69.8 Å². The molecule has 0 fully saturated rings. The fourth-order valence-electron chi connectivity index (χ4n) is 2.17. The number of hydrogen-bond acceptors (Lipinski definition) is 2. The molecule has 1 heterocycles. The Morgan fingerprint density at radius 1 is 1.00 bits per heavy atom. The molecule has 0 amide bonds. The van der Waals surface area contributed by atoms with Crippen LogP contribution in [0.2, 0.25) is 10.0 Å². The molecule has 1 N–H and O–H groups in total. The number of para-hydroxylation sites is 1. The summed E-state index contributed by atoms with van der Waals surface area (Å²) >= 11 is 12.4. The zero-order chi connectivity index (χ0) is 14.8. The molecule has 0 aliphatic rings. The first-order valence-corrected chi connectivity index (χ1v) is 7.43. The molecule has 0 bridgehead atoms. The van der Waals surface area contributed by atoms with E-state index < -0.39 is 0 Å². The summed E-state index contributed by atoms with van der Waals surface area (Å²) < 4.78 is 0. The van der Waals surface area contributed by atoms with Crippen molar-refractivity contribution in [2.45, 2.75) is 13.5 Å². The van der Waals surface area contributed by atoms with Crippen LogP contribution in [0.5, 0.6) is 0 Å². The highest BCUT2D eigenvalue weighted by Crippen LogP contribution is 2.29. The van der Waals surface area contributed by atoms with Gasteiger partial charge in [-0.1, -0.05) is 47.5 Å². The highest BCUT2D eigenvalue weighted by Gasteiger charge is 2.05. The Morgan fingerprint density at radius 2 is 1.81 bits per heavy atom. The molecule has 4 heteroatoms. The molecular formula is C17H14Cl2N2. The fraction of sp³-hybridized carbons (Fsp3) is 0.118. The molecule has 21 heavy (non-hydrogen) atoms. The first kappa shape index (κ1) is 14.2. The SMILES string of the molecule is Cc1cc(Cl)c(NCc2ccc3ccccc3n2)cc1Cl. The number of halogens is 2. The molecule has 0 aliphatic heterocycles. The number of benzene rings is 2. The van der Waals surface area contributed by atoms with Gasteiger partial charge in [0.25, 0.3) is 0 Å². The van der Waals surface area contributed by atoms with Crippen molar-refractivity contribution >= 4 is 39.8 Å². The number of fused-ring (bicyclic) bond motifs is 1. The molecule has 2 nitrogen and oxygen atoms in total. The molecule has 106 valence electrons. The molecule has 0 spiro atoms. The summed E-state index contributed by atoms with van der Waals surface area (Å²) in [5.74, 6) is 0. The van der Waals surface area contributed by atoms with Crippen LogP contribution in [0, 0.1) is 6.92 Å². The van der Waals surface area contributed by atoms with Crippen LogP contribution in [-0.2, 0) is 6.54 Å². The molecule has 0 saturated carbocycles. The second-order valence-electron chi connectivity index (χ2n) is 4.93. The van der Waals surface area contributed by atoms with E-state index in [0.717, 1.165) is 27.8 Å². The molecule has 0 atom stereocenters. The van der Waals surface area contributed by atoms with Gasteiger partial charge in [0, 0.05) is 10.4 Å². The Bertz CT molecular complexity index is 800. The molecule has 0 aliphatic carbocycles. The summed E-state index contributed by atoms with van der Waals surface area (Å²) in [7, 11) is 0. The van der Waals surface area contributed by atoms with Crippen molar-refractivity contribution in [3.8, 4) is 0 Å². The van der Waals surface area contributed by atoms with Crippen LogP contribution >= 0.6 is 23.2 Å². The number of rotatable bonds is 3. The molecule has 0 unspecified atom stereocenters. The van der Waals surface area contributed by atoms with E-state index in [-0.39, 0.29) is 0 Å². The standard InChI is InChI=1S/C17H14Cl2N2/c1-11-8-15(19)17(9-14(11)18)20-10-13-7-6-12-4-2-3-5-16(12)21-13/h2-9,20H,10H2,1H3. The summed E-state index contributed by atoms with van der Waals surface area (Å²) in [5, 5.41) is 5.79. The third kappa shape index (κ3) is 3.12. The quantitative estimate of drug-likeness (QED) is 0.693. The number of aromatic nitrogens is 1. The van der Waals surface area contributed by atoms with Gasteiger partial charge in [0.05, 0.1) is 28.5 Å². The molecular weight excluding hydrogens is 303 g/mol. The van der Waals surface area contributed by atoms with Gasteiger partial charge in [0.2, 0.25) is 0 Å². The van der Waals surface area contributed by atoms with Crippen LogP contribution in [0.1, 0.15) is 11.3 Å². The molecule has 3 aromatic rings. The van der Waals surface area contributed by atoms with E-state index in [0.29, 0.717) is 16.6 Å². The first-order chi connectivity index (χ1) is 10.1. The molecule has 0 radical (unpaired) electrons. The molecule has 2 aromatic carbocycles. The monoisotopic (exact) mass is 316 g/mol. The number of hydrogen-bond donors (Lipinski definition) is 1. The highest BCUT2D eigenvalue weighted by atomic mass is 35.5. The predicted octanol–water partition coefficient (Wildman–Crippen LogP) is 5.46. The average molecular weight is 317 g/mol. The Hall–Kier alpha value is -1.77. The number of anilines is 1. The number of aryl methyl sites for hydroxylation is 1. The van der Waals surface area contributed by atoms with Crippen molar-refractivity contribution in [2.24, 2.45) is 0 Å². The number of nitrogens with zero attached hydrogens (tertiary/aromatic N) is 1. The minimum atomic E-state index is 0.601. The average Bonchev–Trinajstić information content (AvgIpc) is 2.49. The van der Waals surface area contributed by atoms with Crippen molar-refractivity contribution in [1.29, 1.82) is 0 Å². The fourth-order valence-corrected chi connectivity index (χ4v) is 2.62. The Labute approximate surface area is 133 Å². The van der Waals surface area contributed by atoms with Crippen LogP contribution < -0.4 is 5.32 Å². The van der Waals surface area contributed by atoms with E-state index in [2.05, 4.69) is 22.4 Å². The van der Waals surface area contributed by atoms with Gasteiger partial charge in [-0.15, -0.1) is 0 Å². The topological polar surface area (TPSA) is 24.9 Å². The van der Waals surface area contributed by atoms with Gasteiger partial charge < -0.3 is 5.32 Å². The van der Waals surface area contributed by atoms with E-state index in [1.807, 2.05) is 43.3 Å². The maximum atomic E-state index is 6.22. The van der Waals surface area contributed by atoms with Crippen LogP contribution in [0.3, 0.4) is 0 Å². The maximum Gasteiger partial charge on any atom is 0.0706 e. The maximum absolute atomic E-state index is 6.22. The van der Waals surface area contributed by atoms with Gasteiger partial charge in [0.15, 0.2) is 0 Å². The van der Waals surface area contributed by atoms with E-state index in [4.69, 9.17) is 23.2 Å². The minimum Gasteiger partial charge on any atom is -0.378 e. The lowest BCUT2D eigenvalue weighted by atomic mass is 10.2. The zero-order valence-corrected chi connectivity index (χ0v) is 13.0. The summed E-state index contributed by atoms with van der Waals surface area (Å²) in [6, 6.07) is 15.9. The lowest BCUT2D eigenvalue weighted by molar-refractivity contribution is 1.07. The number of nitrogens with one attached hydrogen (secondary N) is 1. The Morgan fingerprint density at radius 3 is 2.67 bits per heavy atom. The van der Waals surface area contributed by atoms with Gasteiger partial charge in [0.1, 0.15) is 0 Å². The van der Waals surface area contributed by atoms with Crippen LogP contribution in [0.25, 0.3) is 10.9 Å². The van der Waals surface area contributed by atoms with Crippen molar-refractivity contribution in [1.82, 2.24) is 4.98 Å². The van der Waals surface area contributed by atoms with Crippen molar-refractivity contribution in [2.75, 3.05) is 5.32 Å². The largest absolute Gasteiger partial charge is 0.378 e. The van der Waals surface area contributed by atoms with Crippen LogP contribution in [0.15, 0.2) is 48.5 Å². The van der Waals surface area contributed by atoms with Gasteiger partial charge >= 0.3 is 0 Å². The van der Waals surface area contributed by atoms with E-state index in [9.17, 15) is 0 Å². The van der Waals surface area contributed by atoms with Crippen molar-refractivity contribution in [3.63, 3.8) is 0 Å². The minimum absolute atomic E-state index is 0.601. The summed E-state index contributed by atoms with van der Waals surface area (Å²) in [6.45, 7) is 2.53. The second kappa shape index (κ2) is 5.92. The smallest absolute Gasteiger partial charge is 0.0706 e. The Kier molecular flexibility index (Phi) is 4.00. The second-order valence-corrected chi connectivity index (χ2v) is 5.74. The lowest BCUT2D eigenvalue weighted by Crippen LogP contribution is -2.02. The highest BCUT2D eigenvalue weighted by molar-refractivity contribution is 6.35. The van der Waals surface area contributed by atoms with Crippen LogP contribution in [-0.4, -0.2) is 4.98 Å². The van der Waals surface area contributed by atoms with Crippen molar-refractivity contribution < 1.29 is 0 Å². The number of pyridine rings is 1. The zero-order valence-electron chi connectivity index (χ0n) is 11.5. The predicted molar refractivity (Wildman–Crippen MR) is 90.3 cm³/mol. The summed E-state index contributed by atoms with van der Waals surface area (Å²) in [5.41, 5.74) is 3.74. The molecule has 0 saturated heterocycles. The van der Waals surface area contributed by atoms with E-state index >= 15 is 0 Å². The van der Waals surface area contributed by atoms with Gasteiger partial charge in [-0.3, -0.25) is 4.98 Å². The third-order valence-corrected chi connectivity index (χ3v) is 4.08. The third-order valence-electron chi connectivity index (χ3n) is 3.36. The van der Waals surface area contributed by atoms with E-state index in [1.54, 1.807) is 0 Å². The summed E-state index contributed by atoms with van der Waals surface area (Å²) in [6.07, 6.45) is 0. The Balaban J connectivity index is 1.81. The lowest BCUT2D eigenvalue weighted by Gasteiger charge is -2.10. The van der Waals surface area contributed by atoms with Gasteiger partial charge in [-0.25, -0.2) is 0 Å². The molecule has 3 rings (SSSR count). The van der Waals surface area contributed by atoms with Crippen LogP contribution in [0.4, 0.5) is 5.69 Å². The van der Waals surface area contributed by atoms with Gasteiger partial charge in [-0.2, -0.15) is 0 Å².